The van der Waals surface area contributed by atoms with Crippen LogP contribution < -0.4 is 11.0 Å². The summed E-state index contributed by atoms with van der Waals surface area (Å²) in [4.78, 5) is 0. The molecule has 0 fully saturated rings. The first-order chi connectivity index (χ1) is 16.5. The number of nitrogens with zero attached hydrogens (tertiary/aromatic N) is 6. The normalized spacial score (nSPS) is 10.4. The molecule has 34 heavy (non-hydrogen) atoms. The molecule has 2 N–H and O–H groups in total. The monoisotopic (exact) mass is 601 g/mol. The lowest BCUT2D eigenvalue weighted by Gasteiger charge is -2.06. The van der Waals surface area contributed by atoms with E-state index >= 15 is 0 Å². The van der Waals surface area contributed by atoms with Crippen molar-refractivity contribution in [2.75, 3.05) is 11.0 Å². The van der Waals surface area contributed by atoms with Crippen molar-refractivity contribution in [3.05, 3.63) is 81.0 Å². The summed E-state index contributed by atoms with van der Waals surface area (Å²) in [5.74, 6) is 0.523. The molecule has 168 valence electrons. The highest BCUT2D eigenvalue weighted by Gasteiger charge is 2.25. The Balaban J connectivity index is 1.44. The topological polar surface area (TPSA) is 143 Å². The number of anilines is 2. The molecule has 0 atom stereocenters. The van der Waals surface area contributed by atoms with Gasteiger partial charge in [-0.2, -0.15) is 31.7 Å². The molecule has 0 saturated heterocycles. The van der Waals surface area contributed by atoms with E-state index in [1.54, 1.807) is 24.3 Å². The fourth-order valence-corrected chi connectivity index (χ4v) is 3.66. The number of halogens is 2. The third-order valence-corrected chi connectivity index (χ3v) is 5.78. The Hall–Kier alpha value is -3.58. The first-order valence-electron chi connectivity index (χ1n) is 9.32. The smallest absolute Gasteiger partial charge is 0.214 e. The van der Waals surface area contributed by atoms with Gasteiger partial charge in [0.15, 0.2) is 23.0 Å². The van der Waals surface area contributed by atoms with E-state index < -0.39 is 8.25 Å². The Labute approximate surface area is 210 Å². The molecule has 0 aliphatic carbocycles. The van der Waals surface area contributed by atoms with Gasteiger partial charge in [0.05, 0.1) is 11.4 Å². The van der Waals surface area contributed by atoms with Crippen molar-refractivity contribution in [1.82, 2.24) is 19.6 Å². The summed E-state index contributed by atoms with van der Waals surface area (Å²) < 4.78 is 27.1. The van der Waals surface area contributed by atoms with E-state index in [2.05, 4.69) is 53.0 Å². The lowest BCUT2D eigenvalue weighted by Crippen LogP contribution is -2.07. The number of hydrogen-bond acceptors (Lipinski definition) is 9. The van der Waals surface area contributed by atoms with Gasteiger partial charge in [0.25, 0.3) is 0 Å². The van der Waals surface area contributed by atoms with Crippen molar-refractivity contribution in [3.8, 4) is 23.5 Å². The summed E-state index contributed by atoms with van der Waals surface area (Å²) in [5.41, 5.74) is 6.54. The minimum Gasteiger partial charge on any atom is -0.214 e. The van der Waals surface area contributed by atoms with Crippen LogP contribution in [0, 0.1) is 22.7 Å². The van der Waals surface area contributed by atoms with Gasteiger partial charge < -0.3 is 0 Å². The Morgan fingerprint density at radius 3 is 1.50 bits per heavy atom. The van der Waals surface area contributed by atoms with Gasteiger partial charge in [-0.3, -0.25) is 0 Å². The summed E-state index contributed by atoms with van der Waals surface area (Å²) in [6.45, 7) is 0. The third kappa shape index (κ3) is 5.48. The second kappa shape index (κ2) is 10.6. The SMILES string of the molecule is N#Cc1cc(NO[P+](=O)ONc2cc(C#N)nn2-c2ccc(Br)cc2)n(-c2ccc(Br)cc2)n1. The lowest BCUT2D eigenvalue weighted by atomic mass is 10.3. The zero-order valence-corrected chi connectivity index (χ0v) is 21.0. The maximum Gasteiger partial charge on any atom is 0.746 e. The second-order valence-corrected chi connectivity index (χ2v) is 9.08. The highest BCUT2D eigenvalue weighted by atomic mass is 79.9. The van der Waals surface area contributed by atoms with E-state index in [-0.39, 0.29) is 23.0 Å². The predicted octanol–water partition coefficient (Wildman–Crippen LogP) is 5.37. The molecule has 0 aliphatic heterocycles. The van der Waals surface area contributed by atoms with Crippen LogP contribution in [0.5, 0.6) is 0 Å². The minimum atomic E-state index is -2.73. The van der Waals surface area contributed by atoms with Crippen LogP contribution in [0.25, 0.3) is 11.4 Å². The number of nitriles is 2. The van der Waals surface area contributed by atoms with Crippen LogP contribution in [0.2, 0.25) is 0 Å². The molecule has 0 saturated carbocycles. The third-order valence-electron chi connectivity index (χ3n) is 4.24. The summed E-state index contributed by atoms with van der Waals surface area (Å²) >= 11 is 6.72. The highest BCUT2D eigenvalue weighted by Crippen LogP contribution is 2.28. The first-order valence-corrected chi connectivity index (χ1v) is 12.0. The van der Waals surface area contributed by atoms with Crippen LogP contribution in [0.1, 0.15) is 11.4 Å². The quantitative estimate of drug-likeness (QED) is 0.201. The van der Waals surface area contributed by atoms with Crippen molar-refractivity contribution in [3.63, 3.8) is 0 Å². The van der Waals surface area contributed by atoms with E-state index in [1.165, 1.54) is 21.5 Å². The Bertz CT molecular complexity index is 1310. The molecule has 0 unspecified atom stereocenters. The van der Waals surface area contributed by atoms with Crippen molar-refractivity contribution < 1.29 is 13.8 Å². The number of hydrogen-bond donors (Lipinski definition) is 2. The van der Waals surface area contributed by atoms with Gasteiger partial charge in [-0.05, 0) is 48.5 Å². The number of benzene rings is 2. The standard InChI is InChI=1S/C20H12Br2N8O3P/c21-13-1-5-17(6-2-13)29-19(9-15(11-23)25-29)27-32-34(31)33-28-20-10-16(12-24)26-30(20)18-7-3-14(22)4-8-18/h1-10,27-28H/q+1. The Morgan fingerprint density at radius 2 is 1.15 bits per heavy atom. The van der Waals surface area contributed by atoms with Gasteiger partial charge in [-0.15, -0.1) is 0 Å². The average molecular weight is 603 g/mol. The number of rotatable bonds is 8. The van der Waals surface area contributed by atoms with Gasteiger partial charge in [0, 0.05) is 34.9 Å². The molecule has 11 nitrogen and oxygen atoms in total. The van der Waals surface area contributed by atoms with Gasteiger partial charge >= 0.3 is 8.25 Å². The average Bonchev–Trinajstić information content (AvgIpc) is 3.46. The largest absolute Gasteiger partial charge is 0.746 e. The molecule has 2 aromatic heterocycles. The zero-order chi connectivity index (χ0) is 24.1. The van der Waals surface area contributed by atoms with E-state index in [9.17, 15) is 15.1 Å². The fraction of sp³-hybridized carbons (Fsp3) is 0. The molecule has 4 rings (SSSR count). The summed E-state index contributed by atoms with van der Waals surface area (Å²) in [7, 11) is -2.73. The molecule has 4 aromatic rings. The molecule has 0 amide bonds. The molecule has 2 aromatic carbocycles. The first kappa shape index (κ1) is 23.6. The van der Waals surface area contributed by atoms with Crippen LogP contribution in [0.4, 0.5) is 11.6 Å². The van der Waals surface area contributed by atoms with Crippen molar-refractivity contribution in [2.24, 2.45) is 0 Å². The van der Waals surface area contributed by atoms with E-state index in [1.807, 2.05) is 36.4 Å². The van der Waals surface area contributed by atoms with Gasteiger partial charge in [0.1, 0.15) is 12.1 Å². The van der Waals surface area contributed by atoms with Crippen LogP contribution in [0.3, 0.4) is 0 Å². The maximum atomic E-state index is 12.3. The fourth-order valence-electron chi connectivity index (χ4n) is 2.76. The molecular weight excluding hydrogens is 591 g/mol. The second-order valence-electron chi connectivity index (χ2n) is 6.44. The molecule has 0 spiro atoms. The maximum absolute atomic E-state index is 12.3. The summed E-state index contributed by atoms with van der Waals surface area (Å²) in [5, 5.41) is 26.7. The molecule has 14 heteroatoms. The molecule has 0 bridgehead atoms. The van der Waals surface area contributed by atoms with Crippen LogP contribution in [-0.4, -0.2) is 19.6 Å². The van der Waals surface area contributed by atoms with Crippen LogP contribution in [-0.2, 0) is 13.8 Å². The summed E-state index contributed by atoms with van der Waals surface area (Å²) in [6.07, 6.45) is 0. The molecular formula is C20H12Br2N8O3P+. The summed E-state index contributed by atoms with van der Waals surface area (Å²) in [6, 6.07) is 21.1. The molecule has 2 heterocycles. The number of nitrogens with one attached hydrogen (secondary N) is 2. The van der Waals surface area contributed by atoms with Crippen LogP contribution >= 0.6 is 40.1 Å². The minimum absolute atomic E-state index is 0.130. The van der Waals surface area contributed by atoms with E-state index in [4.69, 9.17) is 9.25 Å². The van der Waals surface area contributed by atoms with Crippen molar-refractivity contribution in [1.29, 1.82) is 10.5 Å². The van der Waals surface area contributed by atoms with E-state index in [0.717, 1.165) is 8.95 Å². The highest BCUT2D eigenvalue weighted by molar-refractivity contribution is 9.10. The van der Waals surface area contributed by atoms with E-state index in [0.29, 0.717) is 11.4 Å². The predicted molar refractivity (Wildman–Crippen MR) is 129 cm³/mol. The zero-order valence-electron chi connectivity index (χ0n) is 16.9. The molecule has 0 radical (unpaired) electrons. The van der Waals surface area contributed by atoms with Gasteiger partial charge in [-0.1, -0.05) is 31.9 Å². The number of aromatic nitrogens is 4. The van der Waals surface area contributed by atoms with Crippen molar-refractivity contribution >= 4 is 51.8 Å². The van der Waals surface area contributed by atoms with Crippen LogP contribution in [0.15, 0.2) is 69.6 Å². The Kier molecular flexibility index (Phi) is 7.33. The van der Waals surface area contributed by atoms with Gasteiger partial charge in [-0.25, -0.2) is 9.36 Å². The lowest BCUT2D eigenvalue weighted by molar-refractivity contribution is 0.293. The van der Waals surface area contributed by atoms with Crippen molar-refractivity contribution in [2.45, 2.75) is 0 Å². The van der Waals surface area contributed by atoms with Gasteiger partial charge in [0.2, 0.25) is 0 Å². The Morgan fingerprint density at radius 1 is 0.765 bits per heavy atom. The molecule has 0 aliphatic rings.